The first-order valence-electron chi connectivity index (χ1n) is 8.55. The number of carbonyl (C=O) groups excluding carboxylic acids is 3. The normalized spacial score (nSPS) is 14.8. The minimum atomic E-state index is -0.632. The van der Waals surface area contributed by atoms with Crippen LogP contribution in [0.1, 0.15) is 33.1 Å². The van der Waals surface area contributed by atoms with Crippen molar-refractivity contribution in [2.45, 2.75) is 18.8 Å². The lowest BCUT2D eigenvalue weighted by molar-refractivity contribution is -0.142. The number of esters is 2. The second-order valence-corrected chi connectivity index (χ2v) is 8.11. The number of anilines is 1. The molecular formula is C19H17Cl2NO6S. The van der Waals surface area contributed by atoms with Gasteiger partial charge in [0.15, 0.2) is 6.61 Å². The van der Waals surface area contributed by atoms with E-state index in [0.29, 0.717) is 33.5 Å². The van der Waals surface area contributed by atoms with Crippen molar-refractivity contribution in [3.8, 4) is 5.75 Å². The molecule has 0 aliphatic heterocycles. The maximum Gasteiger partial charge on any atom is 0.341 e. The van der Waals surface area contributed by atoms with Gasteiger partial charge in [0, 0.05) is 16.0 Å². The first kappa shape index (κ1) is 21.4. The number of aryl methyl sites for hydroxylation is 1. The molecule has 0 saturated carbocycles. The molecule has 0 radical (unpaired) electrons. The van der Waals surface area contributed by atoms with E-state index in [1.807, 2.05) is 0 Å². The predicted octanol–water partition coefficient (Wildman–Crippen LogP) is 4.06. The van der Waals surface area contributed by atoms with E-state index in [0.717, 1.165) is 4.88 Å². The summed E-state index contributed by atoms with van der Waals surface area (Å²) in [5, 5.41) is 3.70. The van der Waals surface area contributed by atoms with Crippen LogP contribution in [0.3, 0.4) is 0 Å². The quantitative estimate of drug-likeness (QED) is 0.657. The van der Waals surface area contributed by atoms with E-state index < -0.39 is 23.8 Å². The van der Waals surface area contributed by atoms with Gasteiger partial charge in [0.2, 0.25) is 0 Å². The van der Waals surface area contributed by atoms with Crippen LogP contribution in [-0.2, 0) is 25.5 Å². The van der Waals surface area contributed by atoms with E-state index in [2.05, 4.69) is 5.32 Å². The molecule has 1 amide bonds. The molecule has 10 heteroatoms. The van der Waals surface area contributed by atoms with Crippen LogP contribution in [0.2, 0.25) is 10.0 Å². The Balaban J connectivity index is 1.80. The van der Waals surface area contributed by atoms with Crippen LogP contribution in [0.15, 0.2) is 18.2 Å². The fourth-order valence-corrected chi connectivity index (χ4v) is 4.74. The van der Waals surface area contributed by atoms with Gasteiger partial charge in [0.1, 0.15) is 10.8 Å². The summed E-state index contributed by atoms with van der Waals surface area (Å²) in [6.45, 7) is -0.344. The molecule has 1 aromatic heterocycles. The molecule has 3 rings (SSSR count). The van der Waals surface area contributed by atoms with E-state index in [1.54, 1.807) is 12.1 Å². The second-order valence-electron chi connectivity index (χ2n) is 6.16. The van der Waals surface area contributed by atoms with Gasteiger partial charge in [-0.1, -0.05) is 23.2 Å². The number of carbonyl (C=O) groups is 3. The van der Waals surface area contributed by atoms with Gasteiger partial charge < -0.3 is 19.5 Å². The molecule has 0 spiro atoms. The zero-order valence-electron chi connectivity index (χ0n) is 15.5. The largest absolute Gasteiger partial charge is 0.482 e. The zero-order valence-corrected chi connectivity index (χ0v) is 17.9. The number of thiophene rings is 1. The molecule has 1 aliphatic carbocycles. The van der Waals surface area contributed by atoms with Crippen LogP contribution in [0, 0.1) is 0 Å². The SMILES string of the molecule is COC(=O)c1c(NC(=O)COc2cc(Cl)ccc2Cl)sc2c1C(C(=O)OC)CC2. The molecule has 1 N–H and O–H groups in total. The summed E-state index contributed by atoms with van der Waals surface area (Å²) in [7, 11) is 2.54. The number of hydrogen-bond acceptors (Lipinski definition) is 7. The van der Waals surface area contributed by atoms with E-state index in [9.17, 15) is 14.4 Å². The number of rotatable bonds is 6. The van der Waals surface area contributed by atoms with Gasteiger partial charge in [0.05, 0.1) is 30.7 Å². The van der Waals surface area contributed by atoms with Crippen molar-refractivity contribution < 1.29 is 28.6 Å². The maximum atomic E-state index is 12.4. The summed E-state index contributed by atoms with van der Waals surface area (Å²) in [6, 6.07) is 4.66. The van der Waals surface area contributed by atoms with Crippen molar-refractivity contribution in [1.29, 1.82) is 0 Å². The van der Waals surface area contributed by atoms with E-state index in [4.69, 9.17) is 37.4 Å². The topological polar surface area (TPSA) is 90.9 Å². The summed E-state index contributed by atoms with van der Waals surface area (Å²) < 4.78 is 15.1. The van der Waals surface area contributed by atoms with Crippen molar-refractivity contribution in [2.75, 3.05) is 26.1 Å². The first-order chi connectivity index (χ1) is 13.8. The molecule has 1 atom stereocenters. The molecule has 1 aliphatic rings. The Morgan fingerprint density at radius 1 is 1.21 bits per heavy atom. The maximum absolute atomic E-state index is 12.4. The van der Waals surface area contributed by atoms with E-state index >= 15 is 0 Å². The van der Waals surface area contributed by atoms with Crippen LogP contribution in [-0.4, -0.2) is 38.7 Å². The van der Waals surface area contributed by atoms with Gasteiger partial charge in [-0.2, -0.15) is 0 Å². The minimum absolute atomic E-state index is 0.175. The van der Waals surface area contributed by atoms with Crippen LogP contribution < -0.4 is 10.1 Å². The highest BCUT2D eigenvalue weighted by Crippen LogP contribution is 2.45. The number of hydrogen-bond donors (Lipinski definition) is 1. The standard InChI is InChI=1S/C19H17Cl2NO6S/c1-26-18(24)10-4-6-13-15(10)16(19(25)27-2)17(29-13)22-14(23)8-28-12-7-9(20)3-5-11(12)21/h3,5,7,10H,4,6,8H2,1-2H3,(H,22,23). The molecule has 0 fully saturated rings. The van der Waals surface area contributed by atoms with Gasteiger partial charge in [0.25, 0.3) is 5.91 Å². The summed E-state index contributed by atoms with van der Waals surface area (Å²) in [4.78, 5) is 37.7. The fourth-order valence-electron chi connectivity index (χ4n) is 3.13. The van der Waals surface area contributed by atoms with Crippen molar-refractivity contribution >= 4 is 57.4 Å². The number of benzene rings is 1. The molecule has 154 valence electrons. The van der Waals surface area contributed by atoms with Gasteiger partial charge >= 0.3 is 11.9 Å². The Morgan fingerprint density at radius 3 is 2.66 bits per heavy atom. The highest BCUT2D eigenvalue weighted by atomic mass is 35.5. The van der Waals surface area contributed by atoms with Gasteiger partial charge in [-0.25, -0.2) is 4.79 Å². The molecule has 1 heterocycles. The predicted molar refractivity (Wildman–Crippen MR) is 109 cm³/mol. The summed E-state index contributed by atoms with van der Waals surface area (Å²) >= 11 is 13.2. The van der Waals surface area contributed by atoms with Crippen LogP contribution >= 0.6 is 34.5 Å². The lowest BCUT2D eigenvalue weighted by Gasteiger charge is -2.12. The Kier molecular flexibility index (Phi) is 6.66. The lowest BCUT2D eigenvalue weighted by atomic mass is 9.99. The Morgan fingerprint density at radius 2 is 1.97 bits per heavy atom. The van der Waals surface area contributed by atoms with Gasteiger partial charge in [-0.15, -0.1) is 11.3 Å². The van der Waals surface area contributed by atoms with Crippen LogP contribution in [0.4, 0.5) is 5.00 Å². The molecular weight excluding hydrogens is 441 g/mol. The average molecular weight is 458 g/mol. The second kappa shape index (κ2) is 9.02. The first-order valence-corrected chi connectivity index (χ1v) is 10.1. The van der Waals surface area contributed by atoms with Crippen molar-refractivity contribution in [3.63, 3.8) is 0 Å². The molecule has 0 saturated heterocycles. The minimum Gasteiger partial charge on any atom is -0.482 e. The van der Waals surface area contributed by atoms with Crippen molar-refractivity contribution in [1.82, 2.24) is 0 Å². The molecule has 2 aromatic rings. The highest BCUT2D eigenvalue weighted by Gasteiger charge is 2.38. The van der Waals surface area contributed by atoms with E-state index in [1.165, 1.54) is 31.6 Å². The Bertz CT molecular complexity index is 974. The van der Waals surface area contributed by atoms with Gasteiger partial charge in [-0.05, 0) is 30.5 Å². The summed E-state index contributed by atoms with van der Waals surface area (Å²) in [5.41, 5.74) is 0.734. The molecule has 1 unspecified atom stereocenters. The summed E-state index contributed by atoms with van der Waals surface area (Å²) in [5.74, 6) is -1.86. The third kappa shape index (κ3) is 4.49. The number of methoxy groups -OCH3 is 2. The third-order valence-corrected chi connectivity index (χ3v) is 6.14. The Labute approximate surface area is 180 Å². The molecule has 0 bridgehead atoms. The molecule has 29 heavy (non-hydrogen) atoms. The number of amides is 1. The van der Waals surface area contributed by atoms with Gasteiger partial charge in [-0.3, -0.25) is 9.59 Å². The number of fused-ring (bicyclic) bond motifs is 1. The smallest absolute Gasteiger partial charge is 0.341 e. The lowest BCUT2D eigenvalue weighted by Crippen LogP contribution is -2.22. The van der Waals surface area contributed by atoms with Crippen LogP contribution in [0.5, 0.6) is 5.75 Å². The van der Waals surface area contributed by atoms with E-state index in [-0.39, 0.29) is 17.9 Å². The zero-order chi connectivity index (χ0) is 21.1. The fraction of sp³-hybridized carbons (Fsp3) is 0.316. The number of nitrogens with one attached hydrogen (secondary N) is 1. The third-order valence-electron chi connectivity index (χ3n) is 4.41. The average Bonchev–Trinajstić information content (AvgIpc) is 3.26. The molecule has 7 nitrogen and oxygen atoms in total. The molecule has 1 aromatic carbocycles. The summed E-state index contributed by atoms with van der Waals surface area (Å²) in [6.07, 6.45) is 1.15. The monoisotopic (exact) mass is 457 g/mol. The van der Waals surface area contributed by atoms with Crippen molar-refractivity contribution in [2.24, 2.45) is 0 Å². The van der Waals surface area contributed by atoms with Crippen LogP contribution in [0.25, 0.3) is 0 Å². The highest BCUT2D eigenvalue weighted by molar-refractivity contribution is 7.17. The Hall–Kier alpha value is -2.29. The number of ether oxygens (including phenoxy) is 3. The van der Waals surface area contributed by atoms with Crippen molar-refractivity contribution in [3.05, 3.63) is 44.2 Å². The number of halogens is 2.